The van der Waals surface area contributed by atoms with Crippen molar-refractivity contribution >= 4 is 0 Å². The van der Waals surface area contributed by atoms with Gasteiger partial charge in [0, 0.05) is 0 Å². The first-order valence-electron chi connectivity index (χ1n) is 4.10. The molecule has 0 atom stereocenters. The highest BCUT2D eigenvalue weighted by atomic mass is 14.4. The van der Waals surface area contributed by atoms with Gasteiger partial charge in [-0.3, -0.25) is 0 Å². The van der Waals surface area contributed by atoms with Crippen LogP contribution in [0.5, 0.6) is 0 Å². The van der Waals surface area contributed by atoms with Crippen LogP contribution in [0.15, 0.2) is 0 Å². The van der Waals surface area contributed by atoms with Gasteiger partial charge in [-0.2, -0.15) is 0 Å². The molecule has 1 heteroatoms. The molecule has 0 spiro atoms. The number of hydrogen-bond donors (Lipinski definition) is 1. The zero-order chi connectivity index (χ0) is 7.11. The van der Waals surface area contributed by atoms with E-state index in [0.717, 1.165) is 5.92 Å². The lowest BCUT2D eigenvalue weighted by molar-refractivity contribution is -0.325. The third-order valence-electron chi connectivity index (χ3n) is 1.89. The smallest absolute Gasteiger partial charge is 0.0634 e. The molecule has 3 N–H and O–H groups in total. The predicted octanol–water partition coefficient (Wildman–Crippen LogP) is 1.44. The van der Waals surface area contributed by atoms with Crippen LogP contribution in [0.2, 0.25) is 0 Å². The molecule has 1 rings (SSSR count). The molecule has 1 saturated carbocycles. The Balaban J connectivity index is 0.000000291. The highest BCUT2D eigenvalue weighted by Gasteiger charge is 2.05. The average Bonchev–Trinajstić information content (AvgIpc) is 1.94. The van der Waals surface area contributed by atoms with E-state index < -0.39 is 0 Å². The molecule has 0 radical (unpaired) electrons. The molecule has 0 saturated heterocycles. The molecule has 0 amide bonds. The molecular weight excluding hydrogens is 110 g/mol. The Morgan fingerprint density at radius 2 is 1.44 bits per heavy atom. The third-order valence-corrected chi connectivity index (χ3v) is 1.89. The molecule has 1 fully saturated rings. The van der Waals surface area contributed by atoms with E-state index in [1.165, 1.54) is 32.1 Å². The maximum Gasteiger partial charge on any atom is 0.0634 e. The quantitative estimate of drug-likeness (QED) is 0.514. The molecule has 1 nitrogen and oxygen atoms in total. The maximum atomic E-state index is 3.25. The molecular formula is C8H20N+. The minimum atomic E-state index is 1.04. The Morgan fingerprint density at radius 1 is 1.00 bits per heavy atom. The van der Waals surface area contributed by atoms with Gasteiger partial charge < -0.3 is 5.73 Å². The van der Waals surface area contributed by atoms with Crippen molar-refractivity contribution in [1.82, 2.24) is 0 Å². The SMILES string of the molecule is CC1CCCCC1.C[NH3+]. The molecule has 9 heavy (non-hydrogen) atoms. The van der Waals surface area contributed by atoms with Gasteiger partial charge in [0.05, 0.1) is 7.05 Å². The summed E-state index contributed by atoms with van der Waals surface area (Å²) in [5, 5.41) is 0. The topological polar surface area (TPSA) is 27.6 Å². The summed E-state index contributed by atoms with van der Waals surface area (Å²) in [7, 11) is 1.75. The second-order valence-corrected chi connectivity index (χ2v) is 2.74. The monoisotopic (exact) mass is 130 g/mol. The lowest BCUT2D eigenvalue weighted by Gasteiger charge is -2.15. The first-order valence-corrected chi connectivity index (χ1v) is 4.10. The van der Waals surface area contributed by atoms with Crippen molar-refractivity contribution in [3.63, 3.8) is 0 Å². The van der Waals surface area contributed by atoms with E-state index in [0.29, 0.717) is 0 Å². The molecule has 0 heterocycles. The van der Waals surface area contributed by atoms with Crippen LogP contribution in [0, 0.1) is 5.92 Å². The van der Waals surface area contributed by atoms with Gasteiger partial charge in [0.15, 0.2) is 0 Å². The van der Waals surface area contributed by atoms with Crippen LogP contribution < -0.4 is 5.73 Å². The summed E-state index contributed by atoms with van der Waals surface area (Å²) >= 11 is 0. The van der Waals surface area contributed by atoms with E-state index >= 15 is 0 Å². The zero-order valence-corrected chi connectivity index (χ0v) is 6.82. The summed E-state index contributed by atoms with van der Waals surface area (Å²) in [4.78, 5) is 0. The number of rotatable bonds is 0. The summed E-state index contributed by atoms with van der Waals surface area (Å²) in [6.07, 6.45) is 7.44. The average molecular weight is 130 g/mol. The highest BCUT2D eigenvalue weighted by molar-refractivity contribution is 4.59. The molecule has 0 aromatic rings. The molecule has 1 aliphatic carbocycles. The normalized spacial score (nSPS) is 20.3. The lowest BCUT2D eigenvalue weighted by atomic mass is 9.91. The number of hydrogen-bond acceptors (Lipinski definition) is 0. The van der Waals surface area contributed by atoms with Crippen LogP contribution >= 0.6 is 0 Å². The maximum absolute atomic E-state index is 3.25. The van der Waals surface area contributed by atoms with E-state index in [1.807, 2.05) is 0 Å². The molecule has 1 aliphatic rings. The molecule has 0 aromatic carbocycles. The van der Waals surface area contributed by atoms with Gasteiger partial charge in [0.2, 0.25) is 0 Å². The molecule has 0 unspecified atom stereocenters. The van der Waals surface area contributed by atoms with Crippen molar-refractivity contribution < 1.29 is 5.73 Å². The Kier molecular flexibility index (Phi) is 6.06. The van der Waals surface area contributed by atoms with Crippen molar-refractivity contribution in [3.05, 3.63) is 0 Å². The summed E-state index contributed by atoms with van der Waals surface area (Å²) < 4.78 is 0. The lowest BCUT2D eigenvalue weighted by Crippen LogP contribution is -2.40. The van der Waals surface area contributed by atoms with Gasteiger partial charge in [-0.05, 0) is 5.92 Å². The summed E-state index contributed by atoms with van der Waals surface area (Å²) in [5.41, 5.74) is 3.25. The van der Waals surface area contributed by atoms with Crippen molar-refractivity contribution in [2.45, 2.75) is 39.0 Å². The van der Waals surface area contributed by atoms with E-state index in [9.17, 15) is 0 Å². The minimum absolute atomic E-state index is 1.04. The van der Waals surface area contributed by atoms with Crippen LogP contribution in [-0.2, 0) is 0 Å². The van der Waals surface area contributed by atoms with Gasteiger partial charge in [-0.25, -0.2) is 0 Å². The van der Waals surface area contributed by atoms with Crippen LogP contribution in [0.3, 0.4) is 0 Å². The largest absolute Gasteiger partial charge is 0.360 e. The Labute approximate surface area is 58.6 Å². The van der Waals surface area contributed by atoms with Crippen molar-refractivity contribution in [3.8, 4) is 0 Å². The van der Waals surface area contributed by atoms with Gasteiger partial charge in [-0.15, -0.1) is 0 Å². The fraction of sp³-hybridized carbons (Fsp3) is 1.00. The fourth-order valence-corrected chi connectivity index (χ4v) is 1.31. The van der Waals surface area contributed by atoms with Gasteiger partial charge in [0.1, 0.15) is 0 Å². The fourth-order valence-electron chi connectivity index (χ4n) is 1.31. The van der Waals surface area contributed by atoms with E-state index in [4.69, 9.17) is 0 Å². The summed E-state index contributed by atoms with van der Waals surface area (Å²) in [5.74, 6) is 1.04. The van der Waals surface area contributed by atoms with Gasteiger partial charge in [-0.1, -0.05) is 39.0 Å². The van der Waals surface area contributed by atoms with Gasteiger partial charge >= 0.3 is 0 Å². The molecule has 56 valence electrons. The minimum Gasteiger partial charge on any atom is -0.360 e. The van der Waals surface area contributed by atoms with E-state index in [1.54, 1.807) is 7.05 Å². The molecule has 0 aromatic heterocycles. The molecule has 0 bridgehead atoms. The first-order chi connectivity index (χ1) is 4.39. The van der Waals surface area contributed by atoms with Crippen LogP contribution in [-0.4, -0.2) is 7.05 Å². The Bertz CT molecular complexity index is 46.5. The van der Waals surface area contributed by atoms with Crippen molar-refractivity contribution in [2.24, 2.45) is 5.92 Å². The van der Waals surface area contributed by atoms with Crippen LogP contribution in [0.1, 0.15) is 39.0 Å². The second-order valence-electron chi connectivity index (χ2n) is 2.74. The predicted molar refractivity (Wildman–Crippen MR) is 41.1 cm³/mol. The second kappa shape index (κ2) is 6.09. The Hall–Kier alpha value is -0.0400. The van der Waals surface area contributed by atoms with Crippen LogP contribution in [0.4, 0.5) is 0 Å². The van der Waals surface area contributed by atoms with E-state index in [-0.39, 0.29) is 0 Å². The highest BCUT2D eigenvalue weighted by Crippen LogP contribution is 2.21. The Morgan fingerprint density at radius 3 is 1.67 bits per heavy atom. The van der Waals surface area contributed by atoms with Crippen LogP contribution in [0.25, 0.3) is 0 Å². The van der Waals surface area contributed by atoms with Crippen molar-refractivity contribution in [2.75, 3.05) is 7.05 Å². The molecule has 0 aliphatic heterocycles. The third kappa shape index (κ3) is 4.46. The van der Waals surface area contributed by atoms with E-state index in [2.05, 4.69) is 12.7 Å². The summed E-state index contributed by atoms with van der Waals surface area (Å²) in [6, 6.07) is 0. The first kappa shape index (κ1) is 8.96. The van der Waals surface area contributed by atoms with Gasteiger partial charge in [0.25, 0.3) is 0 Å². The number of quaternary nitrogens is 1. The van der Waals surface area contributed by atoms with Crippen molar-refractivity contribution in [1.29, 1.82) is 0 Å². The zero-order valence-electron chi connectivity index (χ0n) is 6.82. The summed E-state index contributed by atoms with van der Waals surface area (Å²) in [6.45, 7) is 2.36. The standard InChI is InChI=1S/C7H14.CH5N/c1-7-5-3-2-4-6-7;1-2/h7H,2-6H2,1H3;2H2,1H3/p+1.